The molecule has 0 aliphatic carbocycles. The van der Waals surface area contributed by atoms with Gasteiger partial charge in [-0.1, -0.05) is 24.3 Å². The molecule has 0 amide bonds. The van der Waals surface area contributed by atoms with Gasteiger partial charge >= 0.3 is 0 Å². The van der Waals surface area contributed by atoms with Gasteiger partial charge in [0.2, 0.25) is 0 Å². The molecule has 6 rings (SSSR count). The summed E-state index contributed by atoms with van der Waals surface area (Å²) in [6.45, 7) is 0. The van der Waals surface area contributed by atoms with Gasteiger partial charge in [0.1, 0.15) is 11.2 Å². The largest absolute Gasteiger partial charge is 0.355 e. The Hall–Kier alpha value is -4.20. The van der Waals surface area contributed by atoms with E-state index in [-0.39, 0.29) is 11.2 Å². The van der Waals surface area contributed by atoms with Crippen LogP contribution in [0.25, 0.3) is 56.5 Å². The molecule has 0 fully saturated rings. The number of benzene rings is 1. The molecule has 0 saturated carbocycles. The third-order valence-electron chi connectivity index (χ3n) is 5.41. The highest BCUT2D eigenvalue weighted by Gasteiger charge is 2.22. The van der Waals surface area contributed by atoms with E-state index in [9.17, 15) is 17.6 Å². The third kappa shape index (κ3) is 2.76. The summed E-state index contributed by atoms with van der Waals surface area (Å²) in [4.78, 5) is 14.0. The van der Waals surface area contributed by atoms with Gasteiger partial charge in [0, 0.05) is 28.2 Å². The van der Waals surface area contributed by atoms with Gasteiger partial charge in [0.05, 0.1) is 22.6 Å². The van der Waals surface area contributed by atoms with Crippen LogP contribution in [0.2, 0.25) is 0 Å². The summed E-state index contributed by atoms with van der Waals surface area (Å²) in [6.07, 6.45) is 1.03. The van der Waals surface area contributed by atoms with Crippen molar-refractivity contribution in [2.75, 3.05) is 0 Å². The molecule has 8 bridgehead atoms. The summed E-state index contributed by atoms with van der Waals surface area (Å²) in [7, 11) is 0. The highest BCUT2D eigenvalue weighted by molar-refractivity contribution is 5.88. The Bertz CT molecular complexity index is 1630. The minimum absolute atomic E-state index is 0.131. The lowest BCUT2D eigenvalue weighted by atomic mass is 10.1. The van der Waals surface area contributed by atoms with Crippen molar-refractivity contribution in [1.29, 1.82) is 0 Å². The summed E-state index contributed by atoms with van der Waals surface area (Å²) in [6, 6.07) is 15.6. The number of hydrogen-bond acceptors (Lipinski definition) is 2. The number of aromatic nitrogens is 4. The molecule has 5 heterocycles. The molecule has 4 nitrogen and oxygen atoms in total. The molecule has 2 aliphatic rings. The zero-order valence-electron chi connectivity index (χ0n) is 16.2. The van der Waals surface area contributed by atoms with Crippen LogP contribution < -0.4 is 0 Å². The number of fused-ring (bicyclic) bond motifs is 11. The maximum Gasteiger partial charge on any atom is 0.187 e. The third-order valence-corrected chi connectivity index (χ3v) is 5.41. The molecule has 156 valence electrons. The van der Waals surface area contributed by atoms with Crippen LogP contribution in [0.3, 0.4) is 0 Å². The molecule has 2 N–H and O–H groups in total. The fourth-order valence-electron chi connectivity index (χ4n) is 3.92. The van der Waals surface area contributed by atoms with Crippen molar-refractivity contribution in [3.63, 3.8) is 0 Å². The summed E-state index contributed by atoms with van der Waals surface area (Å²) < 4.78 is 58.6. The number of aromatic amines is 2. The van der Waals surface area contributed by atoms with E-state index >= 15 is 0 Å². The number of nitrogens with zero attached hydrogens (tertiary/aromatic N) is 2. The van der Waals surface area contributed by atoms with Crippen molar-refractivity contribution < 1.29 is 17.6 Å². The van der Waals surface area contributed by atoms with Crippen molar-refractivity contribution >= 4 is 34.0 Å². The number of hydrogen-bond donors (Lipinski definition) is 2. The lowest BCUT2D eigenvalue weighted by Gasteiger charge is -1.97. The number of nitrogens with one attached hydrogen (secondary N) is 2. The highest BCUT2D eigenvalue weighted by atomic mass is 19.2. The monoisotopic (exact) mass is 432 g/mol. The van der Waals surface area contributed by atoms with Crippen molar-refractivity contribution in [1.82, 2.24) is 19.9 Å². The smallest absolute Gasteiger partial charge is 0.187 e. The van der Waals surface area contributed by atoms with Crippen molar-refractivity contribution in [3.8, 4) is 22.5 Å². The van der Waals surface area contributed by atoms with E-state index in [1.54, 1.807) is 12.1 Å². The van der Waals surface area contributed by atoms with Crippen molar-refractivity contribution in [2.24, 2.45) is 0 Å². The second-order valence-corrected chi connectivity index (χ2v) is 7.46. The Balaban J connectivity index is 1.80. The average Bonchev–Trinajstić information content (AvgIpc) is 3.52. The summed E-state index contributed by atoms with van der Waals surface area (Å²) in [5, 5.41) is 0. The number of rotatable bonds is 0. The number of halogens is 4. The van der Waals surface area contributed by atoms with Gasteiger partial charge < -0.3 is 9.97 Å². The first-order chi connectivity index (χ1) is 15.5. The molecule has 8 heteroatoms. The molecule has 0 atom stereocenters. The molecule has 0 unspecified atom stereocenters. The molecule has 0 radical (unpaired) electrons. The van der Waals surface area contributed by atoms with E-state index < -0.39 is 34.5 Å². The van der Waals surface area contributed by atoms with Gasteiger partial charge in [-0.3, -0.25) is 0 Å². The summed E-state index contributed by atoms with van der Waals surface area (Å²) in [5.74, 6) is -5.05. The minimum atomic E-state index is -1.46. The topological polar surface area (TPSA) is 57.4 Å². The second kappa shape index (κ2) is 6.65. The first-order valence-electron chi connectivity index (χ1n) is 9.70. The quantitative estimate of drug-likeness (QED) is 0.273. The molecule has 0 spiro atoms. The van der Waals surface area contributed by atoms with Crippen LogP contribution in [0, 0.1) is 17.5 Å². The van der Waals surface area contributed by atoms with Gasteiger partial charge in [-0.25, -0.2) is 27.5 Å². The predicted octanol–water partition coefficient (Wildman–Crippen LogP) is 6.53. The maximum atomic E-state index is 15.0. The standard InChI is InChI=1S/C24H12F4N4/c25-16-8-13-7-11-5-6-12(29-11)9-17-14-3-1-2-4-15(14)18(31-17)10-19-20(26)21(27)24(32-19)22(28)23(16)30-13/h1-10,29,32H. The van der Waals surface area contributed by atoms with E-state index in [0.29, 0.717) is 16.9 Å². The Morgan fingerprint density at radius 2 is 1.34 bits per heavy atom. The summed E-state index contributed by atoms with van der Waals surface area (Å²) >= 11 is 0. The lowest BCUT2D eigenvalue weighted by Crippen LogP contribution is -1.87. The predicted molar refractivity (Wildman–Crippen MR) is 114 cm³/mol. The first kappa shape index (κ1) is 18.6. The van der Waals surface area contributed by atoms with Crippen LogP contribution in [0.15, 0.2) is 54.6 Å². The molecule has 0 saturated heterocycles. The normalized spacial score (nSPS) is 12.6. The van der Waals surface area contributed by atoms with Crippen LogP contribution in [0.5, 0.6) is 0 Å². The molecular formula is C24H12F4N4. The Morgan fingerprint density at radius 1 is 0.656 bits per heavy atom. The average molecular weight is 432 g/mol. The minimum Gasteiger partial charge on any atom is -0.355 e. The zero-order valence-corrected chi connectivity index (χ0v) is 16.2. The second-order valence-electron chi connectivity index (χ2n) is 7.46. The zero-order chi connectivity index (χ0) is 22.0. The SMILES string of the molecule is FC1=Cc2cc3ccc(cc4nc(cc5[nH]c(c(F)c1n2)c(F)c5F)-c1ccccc1-4)[nH]3. The fraction of sp³-hybridized carbons (Fsp3) is 0. The van der Waals surface area contributed by atoms with Gasteiger partial charge in [-0.15, -0.1) is 0 Å². The van der Waals surface area contributed by atoms with Crippen LogP contribution in [-0.4, -0.2) is 19.9 Å². The maximum absolute atomic E-state index is 15.0. The Kier molecular flexibility index (Phi) is 3.86. The molecule has 2 aliphatic heterocycles. The Labute approximate surface area is 177 Å². The van der Waals surface area contributed by atoms with Crippen molar-refractivity contribution in [2.45, 2.75) is 0 Å². The van der Waals surface area contributed by atoms with Gasteiger partial charge in [-0.05, 0) is 30.3 Å². The number of H-pyrrole nitrogens is 2. The molecule has 3 aromatic heterocycles. The molecular weight excluding hydrogens is 420 g/mol. The molecule has 1 aromatic carbocycles. The van der Waals surface area contributed by atoms with E-state index in [0.717, 1.165) is 22.7 Å². The van der Waals surface area contributed by atoms with Crippen LogP contribution in [0.1, 0.15) is 11.4 Å². The summed E-state index contributed by atoms with van der Waals surface area (Å²) in [5.41, 5.74) is 2.18. The highest BCUT2D eigenvalue weighted by Crippen LogP contribution is 2.36. The lowest BCUT2D eigenvalue weighted by molar-refractivity contribution is 0.523. The van der Waals surface area contributed by atoms with E-state index in [1.807, 2.05) is 30.3 Å². The van der Waals surface area contributed by atoms with Gasteiger partial charge in [-0.2, -0.15) is 0 Å². The first-order valence-corrected chi connectivity index (χ1v) is 9.70. The van der Waals surface area contributed by atoms with Crippen LogP contribution >= 0.6 is 0 Å². The Morgan fingerprint density at radius 3 is 2.09 bits per heavy atom. The van der Waals surface area contributed by atoms with Gasteiger partial charge in [0.25, 0.3) is 0 Å². The van der Waals surface area contributed by atoms with E-state index in [2.05, 4.69) is 19.9 Å². The molecule has 32 heavy (non-hydrogen) atoms. The van der Waals surface area contributed by atoms with Crippen molar-refractivity contribution in [3.05, 3.63) is 83.4 Å². The van der Waals surface area contributed by atoms with Gasteiger partial charge in [0.15, 0.2) is 23.3 Å². The molecule has 4 aromatic rings. The van der Waals surface area contributed by atoms with E-state index in [4.69, 9.17) is 0 Å². The van der Waals surface area contributed by atoms with Crippen LogP contribution in [-0.2, 0) is 0 Å². The van der Waals surface area contributed by atoms with Crippen LogP contribution in [0.4, 0.5) is 17.6 Å². The van der Waals surface area contributed by atoms with E-state index in [1.165, 1.54) is 12.1 Å². The fourth-order valence-corrected chi connectivity index (χ4v) is 3.92.